The molecule has 1 amide bonds. The average molecular weight is 324 g/mol. The number of amides is 1. The monoisotopic (exact) mass is 323 g/mol. The predicted molar refractivity (Wildman–Crippen MR) is 88.8 cm³/mol. The fourth-order valence-corrected chi connectivity index (χ4v) is 3.54. The van der Waals surface area contributed by atoms with E-state index in [4.69, 9.17) is 16.7 Å². The maximum absolute atomic E-state index is 12.5. The number of carbonyl (C=O) groups excluding carboxylic acids is 1. The Hall–Kier alpha value is -1.15. The molecular formula is C16H18ClNO2S. The number of hydrogen-bond acceptors (Lipinski definition) is 3. The van der Waals surface area contributed by atoms with Gasteiger partial charge in [-0.2, -0.15) is 0 Å². The summed E-state index contributed by atoms with van der Waals surface area (Å²) in [6.07, 6.45) is 2.36. The molecule has 1 unspecified atom stereocenters. The van der Waals surface area contributed by atoms with Gasteiger partial charge in [-0.05, 0) is 43.7 Å². The number of nitrogens with one attached hydrogen (secondary N) is 1. The second-order valence-electron chi connectivity index (χ2n) is 5.10. The van der Waals surface area contributed by atoms with Gasteiger partial charge in [0.15, 0.2) is 0 Å². The lowest BCUT2D eigenvalue weighted by Gasteiger charge is -2.22. The molecular weight excluding hydrogens is 306 g/mol. The molecule has 0 bridgehead atoms. The van der Waals surface area contributed by atoms with Crippen molar-refractivity contribution in [2.24, 2.45) is 0 Å². The smallest absolute Gasteiger partial charge is 0.240 e. The lowest BCUT2D eigenvalue weighted by Crippen LogP contribution is -2.34. The van der Waals surface area contributed by atoms with Crippen LogP contribution >= 0.6 is 23.4 Å². The Morgan fingerprint density at radius 3 is 3.05 bits per heavy atom. The Kier molecular flexibility index (Phi) is 5.58. The summed E-state index contributed by atoms with van der Waals surface area (Å²) in [7, 11) is 0. The van der Waals surface area contributed by atoms with E-state index in [1.165, 1.54) is 0 Å². The van der Waals surface area contributed by atoms with Crippen LogP contribution in [0.4, 0.5) is 5.69 Å². The lowest BCUT2D eigenvalue weighted by atomic mass is 10.0. The fourth-order valence-electron chi connectivity index (χ4n) is 2.16. The van der Waals surface area contributed by atoms with Gasteiger partial charge in [0.05, 0.1) is 17.0 Å². The van der Waals surface area contributed by atoms with Gasteiger partial charge in [0, 0.05) is 17.0 Å². The van der Waals surface area contributed by atoms with E-state index in [1.54, 1.807) is 30.0 Å². The minimum absolute atomic E-state index is 0.0116. The zero-order valence-electron chi connectivity index (χ0n) is 11.9. The van der Waals surface area contributed by atoms with Crippen molar-refractivity contribution in [1.29, 1.82) is 0 Å². The van der Waals surface area contributed by atoms with E-state index in [0.717, 1.165) is 18.6 Å². The Morgan fingerprint density at radius 2 is 2.38 bits per heavy atom. The summed E-state index contributed by atoms with van der Waals surface area (Å²) in [5.74, 6) is 6.84. The highest BCUT2D eigenvalue weighted by molar-refractivity contribution is 8.01. The SMILES string of the molecule is CC1(C(=O)Nc2ccc(Cl)cc2C#CCCO)CCCS1. The van der Waals surface area contributed by atoms with Crippen LogP contribution in [-0.4, -0.2) is 28.1 Å². The van der Waals surface area contributed by atoms with Crippen LogP contribution in [-0.2, 0) is 4.79 Å². The minimum atomic E-state index is -0.366. The van der Waals surface area contributed by atoms with Crippen molar-refractivity contribution in [2.45, 2.75) is 30.9 Å². The molecule has 2 N–H and O–H groups in total. The Balaban J connectivity index is 2.19. The van der Waals surface area contributed by atoms with Crippen molar-refractivity contribution in [3.8, 4) is 11.8 Å². The molecule has 1 aromatic rings. The maximum atomic E-state index is 12.5. The van der Waals surface area contributed by atoms with Crippen molar-refractivity contribution in [3.05, 3.63) is 28.8 Å². The molecule has 1 atom stereocenters. The summed E-state index contributed by atoms with van der Waals surface area (Å²) < 4.78 is -0.366. The lowest BCUT2D eigenvalue weighted by molar-refractivity contribution is -0.118. The minimum Gasteiger partial charge on any atom is -0.395 e. The first-order valence-corrected chi connectivity index (χ1v) is 8.26. The van der Waals surface area contributed by atoms with Crippen molar-refractivity contribution >= 4 is 35.0 Å². The van der Waals surface area contributed by atoms with Crippen LogP contribution in [0.25, 0.3) is 0 Å². The third-order valence-electron chi connectivity index (χ3n) is 3.39. The molecule has 1 aromatic carbocycles. The Labute approximate surface area is 134 Å². The zero-order chi connectivity index (χ0) is 15.3. The van der Waals surface area contributed by atoms with Crippen LogP contribution in [0.15, 0.2) is 18.2 Å². The molecule has 0 saturated carbocycles. The van der Waals surface area contributed by atoms with Crippen LogP contribution < -0.4 is 5.32 Å². The molecule has 112 valence electrons. The number of thioether (sulfide) groups is 1. The van der Waals surface area contributed by atoms with Crippen LogP contribution in [0.3, 0.4) is 0 Å². The van der Waals surface area contributed by atoms with Gasteiger partial charge in [0.2, 0.25) is 5.91 Å². The summed E-state index contributed by atoms with van der Waals surface area (Å²) in [5, 5.41) is 12.3. The first-order chi connectivity index (χ1) is 10.0. The fraction of sp³-hybridized carbons (Fsp3) is 0.438. The number of rotatable bonds is 3. The van der Waals surface area contributed by atoms with Crippen molar-refractivity contribution in [1.82, 2.24) is 0 Å². The van der Waals surface area contributed by atoms with Crippen molar-refractivity contribution in [2.75, 3.05) is 17.7 Å². The molecule has 0 aromatic heterocycles. The normalized spacial score (nSPS) is 20.7. The van der Waals surface area contributed by atoms with Gasteiger partial charge in [0.25, 0.3) is 0 Å². The van der Waals surface area contributed by atoms with E-state index in [2.05, 4.69) is 17.2 Å². The number of carbonyl (C=O) groups is 1. The highest BCUT2D eigenvalue weighted by Crippen LogP contribution is 2.38. The average Bonchev–Trinajstić information content (AvgIpc) is 2.90. The second kappa shape index (κ2) is 7.22. The first kappa shape index (κ1) is 16.2. The number of hydrogen-bond donors (Lipinski definition) is 2. The molecule has 0 spiro atoms. The van der Waals surface area contributed by atoms with E-state index < -0.39 is 0 Å². The molecule has 1 saturated heterocycles. The molecule has 21 heavy (non-hydrogen) atoms. The summed E-state index contributed by atoms with van der Waals surface area (Å²) in [5.41, 5.74) is 1.35. The number of aliphatic hydroxyl groups excluding tert-OH is 1. The highest BCUT2D eigenvalue weighted by Gasteiger charge is 2.37. The number of aliphatic hydroxyl groups is 1. The van der Waals surface area contributed by atoms with Crippen LogP contribution in [0.1, 0.15) is 31.7 Å². The van der Waals surface area contributed by atoms with Crippen LogP contribution in [0, 0.1) is 11.8 Å². The highest BCUT2D eigenvalue weighted by atomic mass is 35.5. The van der Waals surface area contributed by atoms with Gasteiger partial charge in [-0.15, -0.1) is 11.8 Å². The maximum Gasteiger partial charge on any atom is 0.240 e. The molecule has 1 heterocycles. The Morgan fingerprint density at radius 1 is 1.57 bits per heavy atom. The van der Waals surface area contributed by atoms with Crippen molar-refractivity contribution in [3.63, 3.8) is 0 Å². The summed E-state index contributed by atoms with van der Waals surface area (Å²) in [6, 6.07) is 5.23. The van der Waals surface area contributed by atoms with E-state index in [0.29, 0.717) is 22.7 Å². The Bertz CT molecular complexity index is 586. The van der Waals surface area contributed by atoms with Gasteiger partial charge in [0.1, 0.15) is 0 Å². The molecule has 2 rings (SSSR count). The standard InChI is InChI=1S/C16H18ClNO2S/c1-16(8-4-10-21-16)15(20)18-14-7-6-13(17)11-12(14)5-2-3-9-19/h6-7,11,19H,3-4,8-10H2,1H3,(H,18,20). The van der Waals surface area contributed by atoms with Crippen LogP contribution in [0.5, 0.6) is 0 Å². The van der Waals surface area contributed by atoms with E-state index in [1.807, 2.05) is 6.92 Å². The van der Waals surface area contributed by atoms with E-state index in [9.17, 15) is 4.79 Å². The van der Waals surface area contributed by atoms with Gasteiger partial charge in [-0.25, -0.2) is 0 Å². The third kappa shape index (κ3) is 4.16. The van der Waals surface area contributed by atoms with E-state index >= 15 is 0 Å². The predicted octanol–water partition coefficient (Wildman–Crippen LogP) is 3.30. The first-order valence-electron chi connectivity index (χ1n) is 6.90. The largest absolute Gasteiger partial charge is 0.395 e. The van der Waals surface area contributed by atoms with Crippen LogP contribution in [0.2, 0.25) is 5.02 Å². The number of benzene rings is 1. The van der Waals surface area contributed by atoms with Gasteiger partial charge in [-0.1, -0.05) is 23.4 Å². The van der Waals surface area contributed by atoms with E-state index in [-0.39, 0.29) is 17.3 Å². The number of halogens is 1. The topological polar surface area (TPSA) is 49.3 Å². The molecule has 0 aliphatic carbocycles. The molecule has 1 aliphatic rings. The second-order valence-corrected chi connectivity index (χ2v) is 7.14. The quantitative estimate of drug-likeness (QED) is 0.839. The van der Waals surface area contributed by atoms with Gasteiger partial charge >= 0.3 is 0 Å². The molecule has 5 heteroatoms. The third-order valence-corrected chi connectivity index (χ3v) is 5.14. The summed E-state index contributed by atoms with van der Waals surface area (Å²) in [4.78, 5) is 12.5. The van der Waals surface area contributed by atoms with Gasteiger partial charge < -0.3 is 10.4 Å². The molecule has 1 aliphatic heterocycles. The summed E-state index contributed by atoms with van der Waals surface area (Å²) >= 11 is 7.68. The molecule has 0 radical (unpaired) electrons. The molecule has 1 fully saturated rings. The molecule has 3 nitrogen and oxygen atoms in total. The number of anilines is 1. The summed E-state index contributed by atoms with van der Waals surface area (Å²) in [6.45, 7) is 2.00. The zero-order valence-corrected chi connectivity index (χ0v) is 13.5. The van der Waals surface area contributed by atoms with Gasteiger partial charge in [-0.3, -0.25) is 4.79 Å². The van der Waals surface area contributed by atoms with Crippen molar-refractivity contribution < 1.29 is 9.90 Å².